The zero-order valence-corrected chi connectivity index (χ0v) is 24.7. The van der Waals surface area contributed by atoms with Crippen molar-refractivity contribution in [3.8, 4) is 0 Å². The Bertz CT molecular complexity index is 1620. The average molecular weight is 577 g/mol. The topological polar surface area (TPSA) is 97.1 Å². The monoisotopic (exact) mass is 576 g/mol. The summed E-state index contributed by atoms with van der Waals surface area (Å²) in [5, 5.41) is 7.24. The normalized spacial score (nSPS) is 11.0. The summed E-state index contributed by atoms with van der Waals surface area (Å²) in [6.45, 7) is 7.62. The maximum Gasteiger partial charge on any atom is 0.300 e. The first-order valence-corrected chi connectivity index (χ1v) is 14.6. The number of fused-ring (bicyclic) bond motifs is 2. The number of thiazole rings is 1. The van der Waals surface area contributed by atoms with E-state index in [9.17, 15) is 9.59 Å². The van der Waals surface area contributed by atoms with Gasteiger partial charge in [-0.05, 0) is 72.8 Å². The molecular formula is C34H32N4O3S. The van der Waals surface area contributed by atoms with Gasteiger partial charge in [0.25, 0.3) is 6.01 Å². The lowest BCUT2D eigenvalue weighted by Gasteiger charge is -2.06. The van der Waals surface area contributed by atoms with Crippen LogP contribution in [0.5, 0.6) is 0 Å². The molecule has 0 unspecified atom stereocenters. The zero-order chi connectivity index (χ0) is 29.6. The summed E-state index contributed by atoms with van der Waals surface area (Å²) in [6.07, 6.45) is 0. The van der Waals surface area contributed by atoms with Crippen molar-refractivity contribution in [1.82, 2.24) is 9.97 Å². The number of benzene rings is 4. The summed E-state index contributed by atoms with van der Waals surface area (Å²) < 4.78 is 6.76. The maximum atomic E-state index is 11.9. The summed E-state index contributed by atoms with van der Waals surface area (Å²) >= 11 is 1.62. The standard InChI is InChI=1S/C17H16N2O2.C17H16N2OS/c2*1-11(2)16(20)12-7-9-13(10-8-12)18-17-19-14-5-3-4-6-15(14)21-17/h2*3-11H,1-2H3,(H,18,19). The van der Waals surface area contributed by atoms with Crippen LogP contribution in [0, 0.1) is 11.8 Å². The molecule has 42 heavy (non-hydrogen) atoms. The van der Waals surface area contributed by atoms with Gasteiger partial charge in [-0.2, -0.15) is 4.98 Å². The highest BCUT2D eigenvalue weighted by atomic mass is 32.1. The molecule has 0 saturated carbocycles. The van der Waals surface area contributed by atoms with Crippen LogP contribution < -0.4 is 10.6 Å². The summed E-state index contributed by atoms with van der Waals surface area (Å²) in [6, 6.07) is 31.0. The molecule has 0 amide bonds. The molecule has 0 aliphatic heterocycles. The van der Waals surface area contributed by atoms with Gasteiger partial charge in [0.05, 0.1) is 10.2 Å². The molecule has 0 spiro atoms. The molecule has 2 N–H and O–H groups in total. The van der Waals surface area contributed by atoms with Gasteiger partial charge in [-0.1, -0.05) is 63.3 Å². The maximum absolute atomic E-state index is 11.9. The quantitative estimate of drug-likeness (QED) is 0.174. The number of carbonyl (C=O) groups is 2. The van der Waals surface area contributed by atoms with Crippen LogP contribution in [0.25, 0.3) is 21.3 Å². The number of anilines is 4. The van der Waals surface area contributed by atoms with E-state index >= 15 is 0 Å². The molecule has 2 aromatic heterocycles. The Hall–Kier alpha value is -4.82. The largest absolute Gasteiger partial charge is 0.423 e. The van der Waals surface area contributed by atoms with E-state index in [0.29, 0.717) is 11.6 Å². The van der Waals surface area contributed by atoms with Crippen LogP contribution in [0.4, 0.5) is 22.5 Å². The van der Waals surface area contributed by atoms with Crippen molar-refractivity contribution in [1.29, 1.82) is 0 Å². The molecule has 0 aliphatic rings. The minimum Gasteiger partial charge on any atom is -0.423 e. The highest BCUT2D eigenvalue weighted by Crippen LogP contribution is 2.28. The lowest BCUT2D eigenvalue weighted by Crippen LogP contribution is -2.07. The predicted molar refractivity (Wildman–Crippen MR) is 171 cm³/mol. The van der Waals surface area contributed by atoms with Crippen molar-refractivity contribution in [2.75, 3.05) is 10.6 Å². The summed E-state index contributed by atoms with van der Waals surface area (Å²) in [7, 11) is 0. The van der Waals surface area contributed by atoms with Crippen molar-refractivity contribution in [2.24, 2.45) is 11.8 Å². The number of carbonyl (C=O) groups excluding carboxylic acids is 2. The van der Waals surface area contributed by atoms with Gasteiger partial charge in [0.2, 0.25) is 0 Å². The van der Waals surface area contributed by atoms with Gasteiger partial charge in [-0.15, -0.1) is 0 Å². The van der Waals surface area contributed by atoms with E-state index in [1.807, 2.05) is 119 Å². The molecule has 6 rings (SSSR count). The Morgan fingerprint density at radius 3 is 1.71 bits per heavy atom. The van der Waals surface area contributed by atoms with Gasteiger partial charge in [-0.3, -0.25) is 9.59 Å². The van der Waals surface area contributed by atoms with E-state index < -0.39 is 0 Å². The zero-order valence-electron chi connectivity index (χ0n) is 23.9. The Balaban J connectivity index is 0.000000168. The number of hydrogen-bond donors (Lipinski definition) is 2. The number of aromatic nitrogens is 2. The highest BCUT2D eigenvalue weighted by Gasteiger charge is 2.12. The Labute approximate surface area is 248 Å². The number of nitrogens with zero attached hydrogens (tertiary/aromatic N) is 2. The van der Waals surface area contributed by atoms with Gasteiger partial charge in [-0.25, -0.2) is 4.98 Å². The van der Waals surface area contributed by atoms with Crippen LogP contribution in [-0.4, -0.2) is 21.5 Å². The number of oxazole rings is 1. The van der Waals surface area contributed by atoms with Gasteiger partial charge < -0.3 is 15.1 Å². The lowest BCUT2D eigenvalue weighted by atomic mass is 10.0. The number of hydrogen-bond acceptors (Lipinski definition) is 8. The molecule has 0 bridgehead atoms. The number of ketones is 2. The third-order valence-corrected chi connectivity index (χ3v) is 7.43. The molecule has 0 saturated heterocycles. The van der Waals surface area contributed by atoms with Gasteiger partial charge in [0.1, 0.15) is 5.52 Å². The molecule has 7 nitrogen and oxygen atoms in total. The van der Waals surface area contributed by atoms with Crippen molar-refractivity contribution in [2.45, 2.75) is 27.7 Å². The first-order valence-electron chi connectivity index (χ1n) is 13.8. The molecule has 212 valence electrons. The van der Waals surface area contributed by atoms with Crippen molar-refractivity contribution in [3.05, 3.63) is 108 Å². The van der Waals surface area contributed by atoms with E-state index in [2.05, 4.69) is 26.7 Å². The smallest absolute Gasteiger partial charge is 0.300 e. The summed E-state index contributed by atoms with van der Waals surface area (Å²) in [5.74, 6) is 0.332. The highest BCUT2D eigenvalue weighted by molar-refractivity contribution is 7.22. The third-order valence-electron chi connectivity index (χ3n) is 6.48. The van der Waals surface area contributed by atoms with Crippen LogP contribution in [0.3, 0.4) is 0 Å². The molecule has 0 radical (unpaired) electrons. The minimum atomic E-state index is 0.000786. The second-order valence-electron chi connectivity index (χ2n) is 10.4. The molecule has 0 aliphatic carbocycles. The number of rotatable bonds is 8. The Morgan fingerprint density at radius 2 is 1.17 bits per heavy atom. The summed E-state index contributed by atoms with van der Waals surface area (Å²) in [5.41, 5.74) is 5.79. The molecule has 8 heteroatoms. The first kappa shape index (κ1) is 28.7. The van der Waals surface area contributed by atoms with Crippen LogP contribution in [-0.2, 0) is 0 Å². The van der Waals surface area contributed by atoms with E-state index in [4.69, 9.17) is 4.42 Å². The van der Waals surface area contributed by atoms with E-state index in [-0.39, 0.29) is 23.4 Å². The molecule has 6 aromatic rings. The second kappa shape index (κ2) is 12.8. The second-order valence-corrected chi connectivity index (χ2v) is 11.4. The molecule has 2 heterocycles. The fraction of sp³-hybridized carbons (Fsp3) is 0.176. The fourth-order valence-electron chi connectivity index (χ4n) is 4.20. The van der Waals surface area contributed by atoms with Crippen molar-refractivity contribution in [3.63, 3.8) is 0 Å². The minimum absolute atomic E-state index is 0.000786. The Kier molecular flexibility index (Phi) is 8.74. The first-order chi connectivity index (χ1) is 20.3. The number of nitrogens with one attached hydrogen (secondary N) is 2. The fourth-order valence-corrected chi connectivity index (χ4v) is 5.09. The van der Waals surface area contributed by atoms with E-state index in [0.717, 1.165) is 43.4 Å². The molecule has 4 aromatic carbocycles. The van der Waals surface area contributed by atoms with Crippen molar-refractivity contribution >= 4 is 66.7 Å². The van der Waals surface area contributed by atoms with Crippen LogP contribution >= 0.6 is 11.3 Å². The third kappa shape index (κ3) is 6.90. The summed E-state index contributed by atoms with van der Waals surface area (Å²) in [4.78, 5) is 32.7. The molecular weight excluding hydrogens is 544 g/mol. The molecule has 0 fully saturated rings. The lowest BCUT2D eigenvalue weighted by molar-refractivity contribution is 0.0932. The van der Waals surface area contributed by atoms with Crippen molar-refractivity contribution < 1.29 is 14.0 Å². The van der Waals surface area contributed by atoms with E-state index in [1.54, 1.807) is 11.3 Å². The Morgan fingerprint density at radius 1 is 0.643 bits per heavy atom. The van der Waals surface area contributed by atoms with Gasteiger partial charge >= 0.3 is 0 Å². The number of Topliss-reactive ketones (excluding diaryl/α,β-unsaturated/α-hetero) is 2. The van der Waals surface area contributed by atoms with Gasteiger partial charge in [0, 0.05) is 34.3 Å². The predicted octanol–water partition coefficient (Wildman–Crippen LogP) is 9.29. The number of para-hydroxylation sites is 3. The van der Waals surface area contributed by atoms with Gasteiger partial charge in [0.15, 0.2) is 22.3 Å². The van der Waals surface area contributed by atoms with Crippen LogP contribution in [0.15, 0.2) is 101 Å². The van der Waals surface area contributed by atoms with E-state index in [1.165, 1.54) is 0 Å². The van der Waals surface area contributed by atoms with Crippen LogP contribution in [0.1, 0.15) is 48.4 Å². The average Bonchev–Trinajstić information content (AvgIpc) is 3.60. The SMILES string of the molecule is CC(C)C(=O)c1ccc(Nc2nc3ccccc3o2)cc1.CC(C)C(=O)c1ccc(Nc2nc3ccccc3s2)cc1. The molecule has 0 atom stereocenters. The van der Waals surface area contributed by atoms with Crippen LogP contribution in [0.2, 0.25) is 0 Å².